The normalized spacial score (nSPS) is 18.5. The second-order valence-corrected chi connectivity index (χ2v) is 6.46. The van der Waals surface area contributed by atoms with Gasteiger partial charge in [-0.15, -0.1) is 0 Å². The minimum Gasteiger partial charge on any atom is -0.493 e. The van der Waals surface area contributed by atoms with Gasteiger partial charge in [-0.25, -0.2) is 0 Å². The molecule has 8 nitrogen and oxygen atoms in total. The molecule has 148 valence electrons. The lowest BCUT2D eigenvalue weighted by atomic mass is 9.85. The molecule has 2 amide bonds. The Kier molecular flexibility index (Phi) is 7.60. The largest absolute Gasteiger partial charge is 0.493 e. The van der Waals surface area contributed by atoms with Gasteiger partial charge in [0.05, 0.1) is 25.3 Å². The molecule has 0 unspecified atom stereocenters. The van der Waals surface area contributed by atoms with Gasteiger partial charge in [0, 0.05) is 12.1 Å². The van der Waals surface area contributed by atoms with Gasteiger partial charge < -0.3 is 20.5 Å². The van der Waals surface area contributed by atoms with E-state index >= 15 is 0 Å². The van der Waals surface area contributed by atoms with E-state index in [4.69, 9.17) is 9.84 Å². The Morgan fingerprint density at radius 1 is 1.22 bits per heavy atom. The molecular formula is C19H27N3O5. The van der Waals surface area contributed by atoms with Crippen molar-refractivity contribution in [3.8, 4) is 5.75 Å². The summed E-state index contributed by atoms with van der Waals surface area (Å²) in [5.74, 6) is -0.988. The lowest BCUT2D eigenvalue weighted by molar-refractivity contribution is -0.139. The first-order chi connectivity index (χ1) is 12.9. The molecule has 0 saturated heterocycles. The Labute approximate surface area is 158 Å². The average Bonchev–Trinajstić information content (AvgIpc) is 2.61. The number of carboxylic acids is 1. The molecule has 8 heteroatoms. The Balaban J connectivity index is 1.74. The molecule has 1 aromatic rings. The quantitative estimate of drug-likeness (QED) is 0.558. The maximum absolute atomic E-state index is 12.3. The number of nitrogens with one attached hydrogen (secondary N) is 2. The Morgan fingerprint density at radius 3 is 2.56 bits per heavy atom. The van der Waals surface area contributed by atoms with Gasteiger partial charge in [0.2, 0.25) is 5.91 Å². The van der Waals surface area contributed by atoms with E-state index in [9.17, 15) is 14.4 Å². The van der Waals surface area contributed by atoms with Crippen LogP contribution in [0.2, 0.25) is 0 Å². The Hall–Kier alpha value is -2.61. The molecule has 1 aromatic carbocycles. The molecule has 0 heterocycles. The standard InChI is InChI=1S/C19H27N3O5/c1-3-22(12-18(24)25)14-9-13(10-14)21-17(23)11-20-19(26)15-7-5-6-8-16(15)27-4-2/h5-8,13-14H,3-4,9-12H2,1-2H3,(H,20,26)(H,21,23)(H,24,25). The number of carbonyl (C=O) groups is 3. The molecule has 27 heavy (non-hydrogen) atoms. The highest BCUT2D eigenvalue weighted by atomic mass is 16.5. The fourth-order valence-corrected chi connectivity index (χ4v) is 3.15. The third kappa shape index (κ3) is 5.96. The third-order valence-corrected chi connectivity index (χ3v) is 4.58. The van der Waals surface area contributed by atoms with Crippen LogP contribution in [0.5, 0.6) is 5.75 Å². The summed E-state index contributed by atoms with van der Waals surface area (Å²) in [5, 5.41) is 14.4. The molecule has 2 rings (SSSR count). The van der Waals surface area contributed by atoms with Crippen LogP contribution in [0.25, 0.3) is 0 Å². The number of likely N-dealkylation sites (N-methyl/N-ethyl adjacent to an activating group) is 1. The summed E-state index contributed by atoms with van der Waals surface area (Å²) in [7, 11) is 0. The summed E-state index contributed by atoms with van der Waals surface area (Å²) in [4.78, 5) is 37.0. The minimum atomic E-state index is -0.848. The maximum atomic E-state index is 12.3. The summed E-state index contributed by atoms with van der Waals surface area (Å²) >= 11 is 0. The average molecular weight is 377 g/mol. The van der Waals surface area contributed by atoms with Crippen molar-refractivity contribution in [2.75, 3.05) is 26.2 Å². The zero-order valence-corrected chi connectivity index (χ0v) is 15.7. The van der Waals surface area contributed by atoms with Crippen LogP contribution in [0.4, 0.5) is 0 Å². The Morgan fingerprint density at radius 2 is 1.93 bits per heavy atom. The van der Waals surface area contributed by atoms with Crippen LogP contribution in [0.3, 0.4) is 0 Å². The number of hydrogen-bond acceptors (Lipinski definition) is 5. The number of rotatable bonds is 10. The highest BCUT2D eigenvalue weighted by Crippen LogP contribution is 2.25. The summed E-state index contributed by atoms with van der Waals surface area (Å²) < 4.78 is 5.42. The smallest absolute Gasteiger partial charge is 0.317 e. The van der Waals surface area contributed by atoms with Crippen molar-refractivity contribution in [3.63, 3.8) is 0 Å². The highest BCUT2D eigenvalue weighted by molar-refractivity contribution is 5.98. The van der Waals surface area contributed by atoms with E-state index in [1.165, 1.54) is 0 Å². The molecule has 0 radical (unpaired) electrons. The zero-order valence-electron chi connectivity index (χ0n) is 15.7. The van der Waals surface area contributed by atoms with Gasteiger partial charge in [0.15, 0.2) is 0 Å². The lowest BCUT2D eigenvalue weighted by Gasteiger charge is -2.42. The van der Waals surface area contributed by atoms with Crippen molar-refractivity contribution in [2.24, 2.45) is 0 Å². The highest BCUT2D eigenvalue weighted by Gasteiger charge is 2.34. The number of benzene rings is 1. The van der Waals surface area contributed by atoms with Crippen LogP contribution in [-0.2, 0) is 9.59 Å². The maximum Gasteiger partial charge on any atom is 0.317 e. The fourth-order valence-electron chi connectivity index (χ4n) is 3.15. The van der Waals surface area contributed by atoms with Gasteiger partial charge in [-0.05, 0) is 38.4 Å². The van der Waals surface area contributed by atoms with Crippen LogP contribution in [0.15, 0.2) is 24.3 Å². The number of carboxylic acid groups (broad SMARTS) is 1. The molecular weight excluding hydrogens is 350 g/mol. The third-order valence-electron chi connectivity index (χ3n) is 4.58. The number of carbonyl (C=O) groups excluding carboxylic acids is 2. The summed E-state index contributed by atoms with van der Waals surface area (Å²) in [5.41, 5.74) is 0.392. The number of para-hydroxylation sites is 1. The molecule has 3 N–H and O–H groups in total. The van der Waals surface area contributed by atoms with E-state index in [0.29, 0.717) is 37.3 Å². The number of nitrogens with zero attached hydrogens (tertiary/aromatic N) is 1. The van der Waals surface area contributed by atoms with Gasteiger partial charge in [0.25, 0.3) is 5.91 Å². The van der Waals surface area contributed by atoms with E-state index in [1.54, 1.807) is 24.3 Å². The van der Waals surface area contributed by atoms with Crippen LogP contribution in [-0.4, -0.2) is 66.1 Å². The van der Waals surface area contributed by atoms with E-state index in [-0.39, 0.29) is 37.0 Å². The summed E-state index contributed by atoms with van der Waals surface area (Å²) in [6.07, 6.45) is 1.43. The van der Waals surface area contributed by atoms with Crippen molar-refractivity contribution in [2.45, 2.75) is 38.8 Å². The van der Waals surface area contributed by atoms with Gasteiger partial charge in [-0.1, -0.05) is 19.1 Å². The summed E-state index contributed by atoms with van der Waals surface area (Å²) in [6, 6.07) is 7.07. The molecule has 1 saturated carbocycles. The first-order valence-corrected chi connectivity index (χ1v) is 9.19. The fraction of sp³-hybridized carbons (Fsp3) is 0.526. The predicted molar refractivity (Wildman–Crippen MR) is 99.8 cm³/mol. The first kappa shape index (κ1) is 20.7. The van der Waals surface area contributed by atoms with Crippen molar-refractivity contribution in [1.29, 1.82) is 0 Å². The summed E-state index contributed by atoms with van der Waals surface area (Å²) in [6.45, 7) is 4.76. The second kappa shape index (κ2) is 9.91. The predicted octanol–water partition coefficient (Wildman–Crippen LogP) is 0.869. The second-order valence-electron chi connectivity index (χ2n) is 6.46. The van der Waals surface area contributed by atoms with Crippen LogP contribution in [0.1, 0.15) is 37.0 Å². The van der Waals surface area contributed by atoms with E-state index in [0.717, 1.165) is 0 Å². The number of ether oxygens (including phenoxy) is 1. The van der Waals surface area contributed by atoms with Gasteiger partial charge >= 0.3 is 5.97 Å². The Bertz CT molecular complexity index is 673. The number of hydrogen-bond donors (Lipinski definition) is 3. The molecule has 0 spiro atoms. The molecule has 1 fully saturated rings. The van der Waals surface area contributed by atoms with Crippen molar-refractivity contribution in [1.82, 2.24) is 15.5 Å². The van der Waals surface area contributed by atoms with E-state index in [2.05, 4.69) is 10.6 Å². The number of amides is 2. The molecule has 0 aliphatic heterocycles. The monoisotopic (exact) mass is 377 g/mol. The van der Waals surface area contributed by atoms with Gasteiger partial charge in [-0.2, -0.15) is 0 Å². The van der Waals surface area contributed by atoms with Gasteiger partial charge in [-0.3, -0.25) is 19.3 Å². The van der Waals surface area contributed by atoms with Gasteiger partial charge in [0.1, 0.15) is 5.75 Å². The molecule has 0 atom stereocenters. The van der Waals surface area contributed by atoms with E-state index in [1.807, 2.05) is 18.7 Å². The molecule has 0 aromatic heterocycles. The van der Waals surface area contributed by atoms with Crippen molar-refractivity contribution >= 4 is 17.8 Å². The first-order valence-electron chi connectivity index (χ1n) is 9.19. The SMILES string of the molecule is CCOc1ccccc1C(=O)NCC(=O)NC1CC(N(CC)CC(=O)O)C1. The van der Waals surface area contributed by atoms with Crippen LogP contribution in [0, 0.1) is 0 Å². The minimum absolute atomic E-state index is 0.0110. The van der Waals surface area contributed by atoms with E-state index < -0.39 is 5.97 Å². The van der Waals surface area contributed by atoms with Crippen LogP contribution < -0.4 is 15.4 Å². The van der Waals surface area contributed by atoms with Crippen molar-refractivity contribution < 1.29 is 24.2 Å². The lowest BCUT2D eigenvalue weighted by Crippen LogP contribution is -2.55. The van der Waals surface area contributed by atoms with Crippen LogP contribution >= 0.6 is 0 Å². The van der Waals surface area contributed by atoms with Crippen molar-refractivity contribution in [3.05, 3.63) is 29.8 Å². The zero-order chi connectivity index (χ0) is 19.8. The number of aliphatic carboxylic acids is 1. The topological polar surface area (TPSA) is 108 Å². The molecule has 0 bridgehead atoms. The molecule has 1 aliphatic carbocycles. The molecule has 1 aliphatic rings.